The molecule has 10 heteroatoms. The molecule has 0 atom stereocenters. The minimum atomic E-state index is -0.457. The zero-order chi connectivity index (χ0) is 25.5. The van der Waals surface area contributed by atoms with Gasteiger partial charge in [0.05, 0.1) is 27.5 Å². The number of hydrogen-bond donors (Lipinski definition) is 3. The van der Waals surface area contributed by atoms with Crippen LogP contribution in [0.4, 0.5) is 4.39 Å². The summed E-state index contributed by atoms with van der Waals surface area (Å²) in [4.78, 5) is 22.4. The molecule has 1 aliphatic rings. The Hall–Kier alpha value is -4.02. The van der Waals surface area contributed by atoms with E-state index in [-0.39, 0.29) is 5.69 Å². The van der Waals surface area contributed by atoms with E-state index in [4.69, 9.17) is 4.98 Å². The van der Waals surface area contributed by atoms with Crippen LogP contribution in [-0.2, 0) is 6.54 Å². The van der Waals surface area contributed by atoms with E-state index in [1.165, 1.54) is 25.7 Å². The van der Waals surface area contributed by atoms with E-state index in [1.54, 1.807) is 29.9 Å². The highest BCUT2D eigenvalue weighted by Gasteiger charge is 2.22. The van der Waals surface area contributed by atoms with E-state index in [1.807, 2.05) is 35.8 Å². The van der Waals surface area contributed by atoms with Crippen LogP contribution in [0, 0.1) is 11.7 Å². The maximum atomic E-state index is 16.1. The number of hydrogen-bond acceptors (Lipinski definition) is 7. The van der Waals surface area contributed by atoms with Crippen molar-refractivity contribution in [2.45, 2.75) is 32.2 Å². The summed E-state index contributed by atoms with van der Waals surface area (Å²) < 4.78 is 16.1. The second kappa shape index (κ2) is 9.70. The SMILES string of the molecule is Fc1c(-c2cncc(CNCC3CCCC3)c2)ncc2[nH]nc(-c3nc4c(-c5cccs5)nccc4[nH]3)c12. The molecule has 8 nitrogen and oxygen atoms in total. The lowest BCUT2D eigenvalue weighted by Crippen LogP contribution is -2.20. The molecule has 0 saturated heterocycles. The van der Waals surface area contributed by atoms with Crippen molar-refractivity contribution < 1.29 is 4.39 Å². The normalized spacial score (nSPS) is 14.2. The number of thiophene rings is 1. The summed E-state index contributed by atoms with van der Waals surface area (Å²) in [5.74, 6) is 0.764. The average molecular weight is 525 g/mol. The standard InChI is InChI=1S/C28H25FN8S/c29-23-22-20(15-33-24(23)18-10-17(13-31-14-18)12-30-11-16-4-1-2-5-16)36-37-27(22)28-34-19-7-8-32-26(25(19)35-28)21-6-3-9-38-21/h3,6-10,13-16,30H,1-2,4-5,11-12H2,(H,34,35)(H,36,37). The lowest BCUT2D eigenvalue weighted by atomic mass is 10.1. The van der Waals surface area contributed by atoms with Crippen molar-refractivity contribution in [3.05, 3.63) is 65.8 Å². The molecule has 1 aliphatic carbocycles. The summed E-state index contributed by atoms with van der Waals surface area (Å²) in [6.07, 6.45) is 12.1. The van der Waals surface area contributed by atoms with Gasteiger partial charge < -0.3 is 10.3 Å². The fourth-order valence-electron chi connectivity index (χ4n) is 5.34. The molecule has 6 aromatic rings. The minimum absolute atomic E-state index is 0.238. The van der Waals surface area contributed by atoms with Crippen LogP contribution < -0.4 is 5.32 Å². The Morgan fingerprint density at radius 2 is 1.95 bits per heavy atom. The topological polar surface area (TPSA) is 108 Å². The Kier molecular flexibility index (Phi) is 5.90. The van der Waals surface area contributed by atoms with Gasteiger partial charge in [0.15, 0.2) is 11.6 Å². The summed E-state index contributed by atoms with van der Waals surface area (Å²) in [6, 6.07) is 7.80. The monoisotopic (exact) mass is 524 g/mol. The number of imidazole rings is 1. The van der Waals surface area contributed by atoms with Crippen molar-refractivity contribution in [3.8, 4) is 33.3 Å². The van der Waals surface area contributed by atoms with Crippen LogP contribution in [0.3, 0.4) is 0 Å². The lowest BCUT2D eigenvalue weighted by molar-refractivity contribution is 0.489. The van der Waals surface area contributed by atoms with Crippen molar-refractivity contribution in [2.24, 2.45) is 5.92 Å². The molecule has 190 valence electrons. The number of aromatic amines is 2. The third-order valence-corrected chi connectivity index (χ3v) is 8.11. The fourth-order valence-corrected chi connectivity index (χ4v) is 6.06. The number of nitrogens with zero attached hydrogens (tertiary/aromatic N) is 5. The largest absolute Gasteiger partial charge is 0.336 e. The van der Waals surface area contributed by atoms with Crippen LogP contribution in [-0.4, -0.2) is 41.7 Å². The van der Waals surface area contributed by atoms with E-state index in [9.17, 15) is 0 Å². The Bertz CT molecular complexity index is 1730. The van der Waals surface area contributed by atoms with Crippen LogP contribution in [0.2, 0.25) is 0 Å². The number of fused-ring (bicyclic) bond motifs is 2. The smallest absolute Gasteiger partial charge is 0.161 e. The van der Waals surface area contributed by atoms with Crippen LogP contribution in [0.1, 0.15) is 31.2 Å². The van der Waals surface area contributed by atoms with Gasteiger partial charge >= 0.3 is 0 Å². The molecule has 3 N–H and O–H groups in total. The molecule has 6 aromatic heterocycles. The van der Waals surface area contributed by atoms with Gasteiger partial charge in [0.2, 0.25) is 0 Å². The molecule has 1 fully saturated rings. The van der Waals surface area contributed by atoms with Crippen molar-refractivity contribution in [1.29, 1.82) is 0 Å². The Balaban J connectivity index is 1.23. The molecule has 7 rings (SSSR count). The number of nitrogens with one attached hydrogen (secondary N) is 3. The number of pyridine rings is 3. The van der Waals surface area contributed by atoms with Gasteiger partial charge in [-0.2, -0.15) is 5.10 Å². The molecule has 0 aromatic carbocycles. The number of aromatic nitrogens is 7. The zero-order valence-electron chi connectivity index (χ0n) is 20.5. The highest BCUT2D eigenvalue weighted by molar-refractivity contribution is 7.13. The van der Waals surface area contributed by atoms with Gasteiger partial charge in [-0.3, -0.25) is 20.1 Å². The molecule has 0 bridgehead atoms. The predicted octanol–water partition coefficient (Wildman–Crippen LogP) is 6.11. The van der Waals surface area contributed by atoms with Gasteiger partial charge in [-0.05, 0) is 54.4 Å². The van der Waals surface area contributed by atoms with E-state index >= 15 is 4.39 Å². The minimum Gasteiger partial charge on any atom is -0.336 e. The molecule has 0 unspecified atom stereocenters. The number of rotatable bonds is 7. The zero-order valence-corrected chi connectivity index (χ0v) is 21.4. The molecule has 0 amide bonds. The van der Waals surface area contributed by atoms with E-state index in [0.717, 1.165) is 39.6 Å². The Morgan fingerprint density at radius 1 is 1.03 bits per heavy atom. The summed E-state index contributed by atoms with van der Waals surface area (Å²) in [7, 11) is 0. The molecule has 0 aliphatic heterocycles. The maximum absolute atomic E-state index is 16.1. The summed E-state index contributed by atoms with van der Waals surface area (Å²) in [5, 5.41) is 13.2. The fraction of sp³-hybridized carbons (Fsp3) is 0.250. The second-order valence-electron chi connectivity index (χ2n) is 9.76. The van der Waals surface area contributed by atoms with Gasteiger partial charge in [-0.15, -0.1) is 11.3 Å². The first-order chi connectivity index (χ1) is 18.7. The first kappa shape index (κ1) is 23.1. The first-order valence-electron chi connectivity index (χ1n) is 12.8. The van der Waals surface area contributed by atoms with E-state index < -0.39 is 5.82 Å². The van der Waals surface area contributed by atoms with Gasteiger partial charge in [0, 0.05) is 30.7 Å². The maximum Gasteiger partial charge on any atom is 0.161 e. The summed E-state index contributed by atoms with van der Waals surface area (Å²) >= 11 is 1.60. The van der Waals surface area contributed by atoms with E-state index in [2.05, 4.69) is 35.5 Å². The molecule has 0 spiro atoms. The van der Waals surface area contributed by atoms with Gasteiger partial charge in [-0.25, -0.2) is 9.37 Å². The third kappa shape index (κ3) is 4.15. The molecule has 6 heterocycles. The average Bonchev–Trinajstić information content (AvgIpc) is 3.75. The molecule has 38 heavy (non-hydrogen) atoms. The van der Waals surface area contributed by atoms with Crippen LogP contribution in [0.5, 0.6) is 0 Å². The van der Waals surface area contributed by atoms with E-state index in [0.29, 0.717) is 34.5 Å². The van der Waals surface area contributed by atoms with Crippen molar-refractivity contribution in [2.75, 3.05) is 6.54 Å². The van der Waals surface area contributed by atoms with Crippen LogP contribution in [0.15, 0.2) is 54.4 Å². The first-order valence-corrected chi connectivity index (χ1v) is 13.7. The molecule has 0 radical (unpaired) electrons. The van der Waals surface area contributed by atoms with Crippen molar-refractivity contribution >= 4 is 33.3 Å². The highest BCUT2D eigenvalue weighted by Crippen LogP contribution is 2.34. The van der Waals surface area contributed by atoms with Gasteiger partial charge in [0.25, 0.3) is 0 Å². The molecular formula is C28H25FN8S. The number of H-pyrrole nitrogens is 2. The van der Waals surface area contributed by atoms with Crippen molar-refractivity contribution in [1.82, 2.24) is 40.4 Å². The Morgan fingerprint density at radius 3 is 2.82 bits per heavy atom. The van der Waals surface area contributed by atoms with Gasteiger partial charge in [-0.1, -0.05) is 18.9 Å². The quantitative estimate of drug-likeness (QED) is 0.233. The number of halogens is 1. The third-order valence-electron chi connectivity index (χ3n) is 7.23. The van der Waals surface area contributed by atoms with Crippen LogP contribution in [0.25, 0.3) is 55.3 Å². The lowest BCUT2D eigenvalue weighted by Gasteiger charge is -2.11. The van der Waals surface area contributed by atoms with Gasteiger partial charge in [0.1, 0.15) is 22.6 Å². The summed E-state index contributed by atoms with van der Waals surface area (Å²) in [5.41, 5.74) is 5.08. The molecule has 1 saturated carbocycles. The summed E-state index contributed by atoms with van der Waals surface area (Å²) in [6.45, 7) is 1.69. The highest BCUT2D eigenvalue weighted by atomic mass is 32.1. The molecular weight excluding hydrogens is 499 g/mol. The second-order valence-corrected chi connectivity index (χ2v) is 10.7. The Labute approximate surface area is 221 Å². The van der Waals surface area contributed by atoms with Crippen molar-refractivity contribution in [3.63, 3.8) is 0 Å². The van der Waals surface area contributed by atoms with Crippen LogP contribution >= 0.6 is 11.3 Å². The predicted molar refractivity (Wildman–Crippen MR) is 147 cm³/mol.